The highest BCUT2D eigenvalue weighted by Gasteiger charge is 2.07. The number of imidazole rings is 1. The molecule has 1 aromatic rings. The molecule has 23 heavy (non-hydrogen) atoms. The Balaban J connectivity index is 0.00000484. The van der Waals surface area contributed by atoms with Crippen molar-refractivity contribution in [2.75, 3.05) is 13.1 Å². The molecule has 0 fully saturated rings. The fourth-order valence-corrected chi connectivity index (χ4v) is 2.36. The molecule has 0 saturated carbocycles. The topological polar surface area (TPSA) is 54.2 Å². The van der Waals surface area contributed by atoms with E-state index in [4.69, 9.17) is 0 Å². The third kappa shape index (κ3) is 8.58. The second-order valence-corrected chi connectivity index (χ2v) is 6.15. The zero-order valence-corrected chi connectivity index (χ0v) is 17.6. The third-order valence-corrected chi connectivity index (χ3v) is 3.80. The molecule has 1 rings (SSSR count). The standard InChI is InChI=1S/C17H33N5.HI/c1-6-15(7-2)11-20-17(18-8-3)21-12-16-19-9-10-22(16)13-14(4)5;/h9-10,14-15H,6-8,11-13H2,1-5H3,(H2,18,20,21);1H. The van der Waals surface area contributed by atoms with Crippen LogP contribution in [0.2, 0.25) is 0 Å². The Bertz CT molecular complexity index is 438. The molecule has 134 valence electrons. The van der Waals surface area contributed by atoms with Crippen LogP contribution < -0.4 is 10.6 Å². The van der Waals surface area contributed by atoms with Crippen molar-refractivity contribution in [3.63, 3.8) is 0 Å². The molecular formula is C17H34IN5. The first-order chi connectivity index (χ1) is 10.6. The van der Waals surface area contributed by atoms with E-state index < -0.39 is 0 Å². The molecule has 0 spiro atoms. The molecule has 0 aromatic carbocycles. The number of aromatic nitrogens is 2. The zero-order valence-electron chi connectivity index (χ0n) is 15.3. The van der Waals surface area contributed by atoms with Crippen molar-refractivity contribution < 1.29 is 0 Å². The number of hydrogen-bond donors (Lipinski definition) is 2. The lowest BCUT2D eigenvalue weighted by Crippen LogP contribution is -2.39. The molecule has 0 bridgehead atoms. The molecule has 5 nitrogen and oxygen atoms in total. The second-order valence-electron chi connectivity index (χ2n) is 6.15. The molecule has 0 radical (unpaired) electrons. The zero-order chi connectivity index (χ0) is 16.4. The molecule has 0 atom stereocenters. The number of hydrogen-bond acceptors (Lipinski definition) is 2. The van der Waals surface area contributed by atoms with Crippen LogP contribution in [0.1, 0.15) is 53.3 Å². The molecule has 1 aromatic heterocycles. The van der Waals surface area contributed by atoms with Gasteiger partial charge in [-0.3, -0.25) is 0 Å². The molecule has 0 aliphatic rings. The Morgan fingerprint density at radius 2 is 1.91 bits per heavy atom. The lowest BCUT2D eigenvalue weighted by Gasteiger charge is -2.16. The summed E-state index contributed by atoms with van der Waals surface area (Å²) in [5, 5.41) is 6.76. The third-order valence-electron chi connectivity index (χ3n) is 3.80. The van der Waals surface area contributed by atoms with Crippen LogP contribution in [0.3, 0.4) is 0 Å². The van der Waals surface area contributed by atoms with Gasteiger partial charge < -0.3 is 15.2 Å². The number of guanidine groups is 1. The molecule has 0 amide bonds. The summed E-state index contributed by atoms with van der Waals surface area (Å²) in [7, 11) is 0. The summed E-state index contributed by atoms with van der Waals surface area (Å²) < 4.78 is 2.19. The predicted octanol–water partition coefficient (Wildman–Crippen LogP) is 3.65. The van der Waals surface area contributed by atoms with Crippen LogP contribution in [-0.4, -0.2) is 28.6 Å². The maximum Gasteiger partial charge on any atom is 0.191 e. The highest BCUT2D eigenvalue weighted by molar-refractivity contribution is 14.0. The highest BCUT2D eigenvalue weighted by atomic mass is 127. The summed E-state index contributed by atoms with van der Waals surface area (Å²) in [4.78, 5) is 9.10. The van der Waals surface area contributed by atoms with Gasteiger partial charge in [-0.1, -0.05) is 40.5 Å². The second kappa shape index (κ2) is 12.6. The fraction of sp³-hybridized carbons (Fsp3) is 0.765. The molecule has 0 saturated heterocycles. The first kappa shape index (κ1) is 22.2. The van der Waals surface area contributed by atoms with E-state index in [2.05, 4.69) is 59.8 Å². The minimum Gasteiger partial charge on any atom is -0.357 e. The van der Waals surface area contributed by atoms with E-state index in [9.17, 15) is 0 Å². The normalized spacial score (nSPS) is 11.7. The van der Waals surface area contributed by atoms with Crippen LogP contribution in [0, 0.1) is 11.8 Å². The van der Waals surface area contributed by atoms with Crippen molar-refractivity contribution in [1.82, 2.24) is 20.2 Å². The van der Waals surface area contributed by atoms with Gasteiger partial charge in [-0.25, -0.2) is 9.98 Å². The van der Waals surface area contributed by atoms with E-state index in [1.54, 1.807) is 0 Å². The summed E-state index contributed by atoms with van der Waals surface area (Å²) in [5.41, 5.74) is 0. The Kier molecular flexibility index (Phi) is 12.2. The van der Waals surface area contributed by atoms with Gasteiger partial charge in [0.25, 0.3) is 0 Å². The molecule has 0 unspecified atom stereocenters. The van der Waals surface area contributed by atoms with Gasteiger partial charge in [0.2, 0.25) is 0 Å². The van der Waals surface area contributed by atoms with E-state index in [0.717, 1.165) is 31.4 Å². The largest absolute Gasteiger partial charge is 0.357 e. The molecule has 0 aliphatic heterocycles. The summed E-state index contributed by atoms with van der Waals surface area (Å²) in [6.45, 7) is 14.4. The van der Waals surface area contributed by atoms with E-state index >= 15 is 0 Å². The van der Waals surface area contributed by atoms with Gasteiger partial charge in [-0.15, -0.1) is 24.0 Å². The summed E-state index contributed by atoms with van der Waals surface area (Å²) in [5.74, 6) is 3.21. The quantitative estimate of drug-likeness (QED) is 0.354. The average molecular weight is 435 g/mol. The predicted molar refractivity (Wildman–Crippen MR) is 109 cm³/mol. The van der Waals surface area contributed by atoms with E-state index in [1.165, 1.54) is 12.8 Å². The van der Waals surface area contributed by atoms with Crippen LogP contribution in [0.25, 0.3) is 0 Å². The SMILES string of the molecule is CCNC(=NCc1nccn1CC(C)C)NCC(CC)CC.I. The maximum absolute atomic E-state index is 4.68. The minimum atomic E-state index is 0. The number of aliphatic imine (C=N–C) groups is 1. The average Bonchev–Trinajstić information content (AvgIpc) is 2.92. The fourth-order valence-electron chi connectivity index (χ4n) is 2.36. The van der Waals surface area contributed by atoms with Gasteiger partial charge in [-0.05, 0) is 18.8 Å². The first-order valence-electron chi connectivity index (χ1n) is 8.62. The summed E-state index contributed by atoms with van der Waals surface area (Å²) in [6, 6.07) is 0. The van der Waals surface area contributed by atoms with Gasteiger partial charge >= 0.3 is 0 Å². The minimum absolute atomic E-state index is 0. The van der Waals surface area contributed by atoms with Crippen LogP contribution in [-0.2, 0) is 13.1 Å². The van der Waals surface area contributed by atoms with Crippen LogP contribution in [0.5, 0.6) is 0 Å². The van der Waals surface area contributed by atoms with Gasteiger partial charge in [0.1, 0.15) is 12.4 Å². The van der Waals surface area contributed by atoms with Gasteiger partial charge in [0, 0.05) is 32.0 Å². The van der Waals surface area contributed by atoms with E-state index in [1.807, 2.05) is 12.4 Å². The summed E-state index contributed by atoms with van der Waals surface area (Å²) >= 11 is 0. The molecule has 1 heterocycles. The van der Waals surface area contributed by atoms with Crippen molar-refractivity contribution in [1.29, 1.82) is 0 Å². The monoisotopic (exact) mass is 435 g/mol. The van der Waals surface area contributed by atoms with Crippen molar-refractivity contribution >= 4 is 29.9 Å². The number of nitrogens with one attached hydrogen (secondary N) is 2. The molecular weight excluding hydrogens is 401 g/mol. The van der Waals surface area contributed by atoms with Crippen molar-refractivity contribution in [2.24, 2.45) is 16.8 Å². The van der Waals surface area contributed by atoms with Gasteiger partial charge in [0.15, 0.2) is 5.96 Å². The number of nitrogens with zero attached hydrogens (tertiary/aromatic N) is 3. The Morgan fingerprint density at radius 1 is 1.22 bits per heavy atom. The van der Waals surface area contributed by atoms with Crippen LogP contribution in [0.15, 0.2) is 17.4 Å². The van der Waals surface area contributed by atoms with Gasteiger partial charge in [-0.2, -0.15) is 0 Å². The van der Waals surface area contributed by atoms with Crippen molar-refractivity contribution in [3.8, 4) is 0 Å². The van der Waals surface area contributed by atoms with Crippen molar-refractivity contribution in [3.05, 3.63) is 18.2 Å². The van der Waals surface area contributed by atoms with Gasteiger partial charge in [0.05, 0.1) is 0 Å². The van der Waals surface area contributed by atoms with E-state index in [-0.39, 0.29) is 24.0 Å². The smallest absolute Gasteiger partial charge is 0.191 e. The lowest BCUT2D eigenvalue weighted by atomic mass is 10.0. The van der Waals surface area contributed by atoms with E-state index in [0.29, 0.717) is 18.4 Å². The van der Waals surface area contributed by atoms with Crippen LogP contribution >= 0.6 is 24.0 Å². The summed E-state index contributed by atoms with van der Waals surface area (Å²) in [6.07, 6.45) is 6.29. The number of halogens is 1. The first-order valence-corrected chi connectivity index (χ1v) is 8.62. The molecule has 0 aliphatic carbocycles. The molecule has 6 heteroatoms. The van der Waals surface area contributed by atoms with Crippen molar-refractivity contribution in [2.45, 2.75) is 60.5 Å². The lowest BCUT2D eigenvalue weighted by molar-refractivity contribution is 0.481. The highest BCUT2D eigenvalue weighted by Crippen LogP contribution is 2.06. The molecule has 2 N–H and O–H groups in total. The maximum atomic E-state index is 4.68. The Labute approximate surface area is 158 Å². The Morgan fingerprint density at radius 3 is 2.48 bits per heavy atom. The Hall–Kier alpha value is -0.790. The van der Waals surface area contributed by atoms with Crippen LogP contribution in [0.4, 0.5) is 0 Å². The number of rotatable bonds is 9.